The topological polar surface area (TPSA) is 64.0 Å². The van der Waals surface area contributed by atoms with Gasteiger partial charge in [0.25, 0.3) is 5.56 Å². The van der Waals surface area contributed by atoms with Crippen molar-refractivity contribution in [3.05, 3.63) is 86.5 Å². The summed E-state index contributed by atoms with van der Waals surface area (Å²) in [4.78, 5) is 34.0. The monoisotopic (exact) mass is 545 g/mol. The fourth-order valence-electron chi connectivity index (χ4n) is 5.26. The first-order chi connectivity index (χ1) is 18.2. The largest absolute Gasteiger partial charge is 0.325 e. The molecule has 1 amide bonds. The van der Waals surface area contributed by atoms with Gasteiger partial charge in [0.05, 0.1) is 17.7 Å². The van der Waals surface area contributed by atoms with E-state index in [9.17, 15) is 9.59 Å². The quantitative estimate of drug-likeness (QED) is 0.202. The van der Waals surface area contributed by atoms with Crippen LogP contribution in [0.3, 0.4) is 0 Å². The van der Waals surface area contributed by atoms with Crippen LogP contribution in [-0.4, -0.2) is 21.2 Å². The highest BCUT2D eigenvalue weighted by Crippen LogP contribution is 2.42. The van der Waals surface area contributed by atoms with Gasteiger partial charge < -0.3 is 5.32 Å². The Bertz CT molecular complexity index is 1520. The molecule has 0 radical (unpaired) electrons. The number of rotatable bonds is 7. The number of hydrogen-bond donors (Lipinski definition) is 1. The molecular formula is C31H35N3O2S2. The molecule has 2 heterocycles. The van der Waals surface area contributed by atoms with Crippen molar-refractivity contribution in [1.29, 1.82) is 0 Å². The molecular weight excluding hydrogens is 510 g/mol. The average molecular weight is 546 g/mol. The summed E-state index contributed by atoms with van der Waals surface area (Å²) < 4.78 is 1.76. The highest BCUT2D eigenvalue weighted by atomic mass is 32.2. The van der Waals surface area contributed by atoms with Gasteiger partial charge in [0, 0.05) is 10.6 Å². The fourth-order valence-corrected chi connectivity index (χ4v) is 7.40. The Labute approximate surface area is 232 Å². The highest BCUT2D eigenvalue weighted by molar-refractivity contribution is 7.99. The van der Waals surface area contributed by atoms with Crippen LogP contribution >= 0.6 is 23.1 Å². The van der Waals surface area contributed by atoms with Crippen molar-refractivity contribution in [1.82, 2.24) is 9.55 Å². The van der Waals surface area contributed by atoms with Crippen LogP contribution in [-0.2, 0) is 30.6 Å². The van der Waals surface area contributed by atoms with Crippen molar-refractivity contribution < 1.29 is 4.79 Å². The lowest BCUT2D eigenvalue weighted by Gasteiger charge is -2.33. The number of nitrogens with one attached hydrogen (secondary N) is 1. The van der Waals surface area contributed by atoms with Crippen LogP contribution in [0.4, 0.5) is 5.69 Å². The van der Waals surface area contributed by atoms with Crippen LogP contribution in [0.25, 0.3) is 10.2 Å². The molecule has 38 heavy (non-hydrogen) atoms. The van der Waals surface area contributed by atoms with Crippen molar-refractivity contribution in [2.45, 2.75) is 65.1 Å². The molecule has 1 N–H and O–H groups in total. The number of thiophene rings is 1. The molecule has 2 aromatic carbocycles. The Morgan fingerprint density at radius 3 is 2.61 bits per heavy atom. The Kier molecular flexibility index (Phi) is 7.78. The molecule has 0 unspecified atom stereocenters. The third kappa shape index (κ3) is 5.59. The molecule has 2 aromatic heterocycles. The number of carbonyl (C=O) groups is 1. The normalized spacial score (nSPS) is 15.4. The van der Waals surface area contributed by atoms with Gasteiger partial charge in [-0.2, -0.15) is 0 Å². The SMILES string of the molecule is CCc1ccccc1NC(=O)CSc1nc2sc3c(c2c(=O)n1Cc1ccccc1)CC[C@H](C(C)(C)C)C3. The van der Waals surface area contributed by atoms with Gasteiger partial charge >= 0.3 is 0 Å². The van der Waals surface area contributed by atoms with E-state index >= 15 is 0 Å². The van der Waals surface area contributed by atoms with Crippen LogP contribution in [0, 0.1) is 11.3 Å². The molecule has 0 bridgehead atoms. The number of benzene rings is 2. The second-order valence-electron chi connectivity index (χ2n) is 11.1. The van der Waals surface area contributed by atoms with Gasteiger partial charge in [-0.15, -0.1) is 11.3 Å². The Hall–Kier alpha value is -2.90. The maximum absolute atomic E-state index is 14.0. The number of nitrogens with zero attached hydrogens (tertiary/aromatic N) is 2. The lowest BCUT2D eigenvalue weighted by molar-refractivity contribution is -0.113. The van der Waals surface area contributed by atoms with Gasteiger partial charge in [0.15, 0.2) is 5.16 Å². The number of aryl methyl sites for hydroxylation is 2. The lowest BCUT2D eigenvalue weighted by Crippen LogP contribution is -2.28. The molecule has 0 fully saturated rings. The van der Waals surface area contributed by atoms with E-state index in [0.29, 0.717) is 17.6 Å². The summed E-state index contributed by atoms with van der Waals surface area (Å²) in [5.74, 6) is 0.676. The van der Waals surface area contributed by atoms with Gasteiger partial charge in [-0.25, -0.2) is 4.98 Å². The van der Waals surface area contributed by atoms with Crippen molar-refractivity contribution in [3.63, 3.8) is 0 Å². The Morgan fingerprint density at radius 1 is 1.13 bits per heavy atom. The molecule has 0 saturated carbocycles. The smallest absolute Gasteiger partial charge is 0.263 e. The average Bonchev–Trinajstić information content (AvgIpc) is 3.27. The Morgan fingerprint density at radius 2 is 1.87 bits per heavy atom. The third-order valence-electron chi connectivity index (χ3n) is 7.55. The summed E-state index contributed by atoms with van der Waals surface area (Å²) >= 11 is 3.00. The van der Waals surface area contributed by atoms with Gasteiger partial charge in [-0.05, 0) is 59.8 Å². The number of amides is 1. The number of anilines is 1. The van der Waals surface area contributed by atoms with Gasteiger partial charge in [-0.1, -0.05) is 88.0 Å². The number of hydrogen-bond acceptors (Lipinski definition) is 5. The number of fused-ring (bicyclic) bond motifs is 3. The minimum Gasteiger partial charge on any atom is -0.325 e. The predicted octanol–water partition coefficient (Wildman–Crippen LogP) is 6.95. The molecule has 7 heteroatoms. The van der Waals surface area contributed by atoms with Crippen molar-refractivity contribution in [3.8, 4) is 0 Å². The van der Waals surface area contributed by atoms with Crippen LogP contribution < -0.4 is 10.9 Å². The molecule has 1 aliphatic carbocycles. The molecule has 1 atom stereocenters. The van der Waals surface area contributed by atoms with Crippen LogP contribution in [0.1, 0.15) is 55.7 Å². The first-order valence-electron chi connectivity index (χ1n) is 13.3. The molecule has 0 saturated heterocycles. The minimum absolute atomic E-state index is 0.00444. The van der Waals surface area contributed by atoms with Crippen molar-refractivity contribution >= 4 is 44.9 Å². The number of carbonyl (C=O) groups excluding carboxylic acids is 1. The fraction of sp³-hybridized carbons (Fsp3) is 0.387. The third-order valence-corrected chi connectivity index (χ3v) is 9.67. The summed E-state index contributed by atoms with van der Waals surface area (Å²) in [5.41, 5.74) is 4.41. The minimum atomic E-state index is -0.102. The van der Waals surface area contributed by atoms with Gasteiger partial charge in [0.2, 0.25) is 5.91 Å². The Balaban J connectivity index is 1.48. The lowest BCUT2D eigenvalue weighted by atomic mass is 9.72. The summed E-state index contributed by atoms with van der Waals surface area (Å²) in [6, 6.07) is 17.9. The molecule has 1 aliphatic rings. The van der Waals surface area contributed by atoms with E-state index in [0.717, 1.165) is 52.7 Å². The first kappa shape index (κ1) is 26.7. The second-order valence-corrected chi connectivity index (χ2v) is 13.1. The zero-order valence-corrected chi connectivity index (χ0v) is 24.2. The summed E-state index contributed by atoms with van der Waals surface area (Å²) in [6.45, 7) is 9.42. The molecule has 0 spiro atoms. The molecule has 198 valence electrons. The van der Waals surface area contributed by atoms with Crippen LogP contribution in [0.15, 0.2) is 64.5 Å². The van der Waals surface area contributed by atoms with E-state index in [-0.39, 0.29) is 22.6 Å². The summed E-state index contributed by atoms with van der Waals surface area (Å²) in [6.07, 6.45) is 3.86. The van der Waals surface area contributed by atoms with Crippen LogP contribution in [0.2, 0.25) is 0 Å². The number of thioether (sulfide) groups is 1. The molecule has 5 nitrogen and oxygen atoms in total. The van der Waals surface area contributed by atoms with E-state index in [2.05, 4.69) is 33.0 Å². The zero-order valence-electron chi connectivity index (χ0n) is 22.5. The maximum atomic E-state index is 14.0. The van der Waals surface area contributed by atoms with Crippen molar-refractivity contribution in [2.24, 2.45) is 11.3 Å². The van der Waals surface area contributed by atoms with Gasteiger partial charge in [-0.3, -0.25) is 14.2 Å². The van der Waals surface area contributed by atoms with E-state index in [4.69, 9.17) is 4.98 Å². The molecule has 0 aliphatic heterocycles. The van der Waals surface area contributed by atoms with Crippen LogP contribution in [0.5, 0.6) is 0 Å². The number of para-hydroxylation sites is 1. The van der Waals surface area contributed by atoms with Crippen molar-refractivity contribution in [2.75, 3.05) is 11.1 Å². The summed E-state index contributed by atoms with van der Waals surface area (Å²) in [5, 5.41) is 4.41. The van der Waals surface area contributed by atoms with E-state index < -0.39 is 0 Å². The second kappa shape index (κ2) is 11.1. The maximum Gasteiger partial charge on any atom is 0.263 e. The van der Waals surface area contributed by atoms with E-state index in [1.807, 2.05) is 54.6 Å². The van der Waals surface area contributed by atoms with Gasteiger partial charge in [0.1, 0.15) is 4.83 Å². The summed E-state index contributed by atoms with van der Waals surface area (Å²) in [7, 11) is 0. The predicted molar refractivity (Wildman–Crippen MR) is 160 cm³/mol. The van der Waals surface area contributed by atoms with E-state index in [1.165, 1.54) is 22.2 Å². The standard InChI is InChI=1S/C31H35N3O2S2/c1-5-21-13-9-10-14-24(21)32-26(35)19-37-30-33-28-27(29(36)34(30)18-20-11-7-6-8-12-20)23-16-15-22(31(2,3)4)17-25(23)38-28/h6-14,22H,5,15-19H2,1-4H3,(H,32,35)/t22-/m0/s1. The molecule has 4 aromatic rings. The van der Waals surface area contributed by atoms with E-state index in [1.54, 1.807) is 15.9 Å². The first-order valence-corrected chi connectivity index (χ1v) is 15.1. The highest BCUT2D eigenvalue weighted by Gasteiger charge is 2.32. The number of aromatic nitrogens is 2. The zero-order chi connectivity index (χ0) is 26.9. The molecule has 5 rings (SSSR count).